The van der Waals surface area contributed by atoms with Crippen molar-refractivity contribution in [1.29, 1.82) is 0 Å². The third-order valence-corrected chi connectivity index (χ3v) is 1.70. The molecule has 1 aliphatic rings. The summed E-state index contributed by atoms with van der Waals surface area (Å²) in [5.41, 5.74) is 0. The molecular weight excluding hydrogens is 130 g/mol. The molecule has 3 nitrogen and oxygen atoms in total. The molecular formula is C7H12NO2. The van der Waals surface area contributed by atoms with Crippen molar-refractivity contribution in [2.45, 2.75) is 31.8 Å². The summed E-state index contributed by atoms with van der Waals surface area (Å²) >= 11 is 0. The number of hydrogen-bond acceptors (Lipinski definition) is 2. The Morgan fingerprint density at radius 1 is 1.40 bits per heavy atom. The predicted molar refractivity (Wildman–Crippen MR) is 36.8 cm³/mol. The van der Waals surface area contributed by atoms with Gasteiger partial charge in [0.1, 0.15) is 0 Å². The van der Waals surface area contributed by atoms with Crippen LogP contribution in [0.2, 0.25) is 0 Å². The molecule has 1 aliphatic carbocycles. The zero-order valence-electron chi connectivity index (χ0n) is 5.88. The first-order valence-electron chi connectivity index (χ1n) is 3.60. The Balaban J connectivity index is 1.96. The van der Waals surface area contributed by atoms with Crippen molar-refractivity contribution < 1.29 is 9.53 Å². The Morgan fingerprint density at radius 2 is 2.10 bits per heavy atom. The van der Waals surface area contributed by atoms with E-state index in [1.54, 1.807) is 0 Å². The monoisotopic (exact) mass is 142 g/mol. The fourth-order valence-corrected chi connectivity index (χ4v) is 1.19. The van der Waals surface area contributed by atoms with Crippen molar-refractivity contribution in [3.63, 3.8) is 0 Å². The zero-order valence-corrected chi connectivity index (χ0v) is 5.88. The first-order chi connectivity index (χ1) is 4.93. The van der Waals surface area contributed by atoms with E-state index in [4.69, 9.17) is 4.74 Å². The standard InChI is InChI=1S/C7H12NO2/c9-5-8-6-10-7-3-1-2-4-7/h5-7H,1-4H2,(H,8,9). The largest absolute Gasteiger partial charge is 0.350 e. The topological polar surface area (TPSA) is 38.3 Å². The highest BCUT2D eigenvalue weighted by Gasteiger charge is 2.14. The molecule has 0 saturated heterocycles. The van der Waals surface area contributed by atoms with E-state index in [1.165, 1.54) is 19.6 Å². The SMILES string of the molecule is O=CN[CH]OC1CCCC1. The van der Waals surface area contributed by atoms with Gasteiger partial charge in [0.2, 0.25) is 6.41 Å². The summed E-state index contributed by atoms with van der Waals surface area (Å²) in [7, 11) is 0. The molecule has 0 heterocycles. The highest BCUT2D eigenvalue weighted by atomic mass is 16.5. The van der Waals surface area contributed by atoms with Gasteiger partial charge in [-0.2, -0.15) is 0 Å². The lowest BCUT2D eigenvalue weighted by Crippen LogP contribution is -2.14. The van der Waals surface area contributed by atoms with E-state index in [1.807, 2.05) is 0 Å². The maximum atomic E-state index is 9.76. The van der Waals surface area contributed by atoms with E-state index in [0.29, 0.717) is 12.5 Å². The molecule has 10 heavy (non-hydrogen) atoms. The molecule has 1 amide bonds. The maximum Gasteiger partial charge on any atom is 0.209 e. The van der Waals surface area contributed by atoms with Crippen molar-refractivity contribution in [1.82, 2.24) is 5.32 Å². The first kappa shape index (κ1) is 7.54. The smallest absolute Gasteiger partial charge is 0.209 e. The molecule has 0 aromatic carbocycles. The molecule has 1 N–H and O–H groups in total. The van der Waals surface area contributed by atoms with Crippen molar-refractivity contribution >= 4 is 6.41 Å². The molecule has 0 aromatic heterocycles. The lowest BCUT2D eigenvalue weighted by atomic mass is 10.3. The van der Waals surface area contributed by atoms with Crippen molar-refractivity contribution in [2.75, 3.05) is 0 Å². The Labute approximate surface area is 60.7 Å². The van der Waals surface area contributed by atoms with E-state index >= 15 is 0 Å². The molecule has 1 saturated carbocycles. The highest BCUT2D eigenvalue weighted by Crippen LogP contribution is 2.20. The summed E-state index contributed by atoms with van der Waals surface area (Å²) < 4.78 is 5.18. The van der Waals surface area contributed by atoms with Crippen molar-refractivity contribution in [3.8, 4) is 0 Å². The Kier molecular flexibility index (Phi) is 3.22. The van der Waals surface area contributed by atoms with Crippen LogP contribution in [0, 0.1) is 6.73 Å². The van der Waals surface area contributed by atoms with Crippen LogP contribution < -0.4 is 5.32 Å². The molecule has 0 unspecified atom stereocenters. The lowest BCUT2D eigenvalue weighted by molar-refractivity contribution is -0.110. The van der Waals surface area contributed by atoms with E-state index in [-0.39, 0.29) is 0 Å². The highest BCUT2D eigenvalue weighted by molar-refractivity contribution is 5.46. The third kappa shape index (κ3) is 2.35. The molecule has 0 spiro atoms. The molecule has 0 bridgehead atoms. The predicted octanol–water partition coefficient (Wildman–Crippen LogP) is 0.811. The fourth-order valence-electron chi connectivity index (χ4n) is 1.19. The minimum Gasteiger partial charge on any atom is -0.350 e. The van der Waals surface area contributed by atoms with Crippen LogP contribution in [0.3, 0.4) is 0 Å². The van der Waals surface area contributed by atoms with Gasteiger partial charge in [-0.05, 0) is 12.8 Å². The van der Waals surface area contributed by atoms with Gasteiger partial charge in [-0.15, -0.1) is 0 Å². The average Bonchev–Trinajstić information content (AvgIpc) is 2.41. The zero-order chi connectivity index (χ0) is 7.23. The molecule has 0 aromatic rings. The summed E-state index contributed by atoms with van der Waals surface area (Å²) in [5, 5.41) is 2.35. The number of hydrogen-bond donors (Lipinski definition) is 1. The minimum atomic E-state index is 0.340. The van der Waals surface area contributed by atoms with Gasteiger partial charge in [-0.1, -0.05) is 12.8 Å². The number of nitrogens with one attached hydrogen (secondary N) is 1. The second-order valence-electron chi connectivity index (χ2n) is 2.44. The Hall–Kier alpha value is -0.570. The number of amides is 1. The Bertz CT molecular complexity index is 99.8. The average molecular weight is 142 g/mol. The second-order valence-corrected chi connectivity index (χ2v) is 2.44. The summed E-state index contributed by atoms with van der Waals surface area (Å²) in [6.45, 7) is 1.36. The molecule has 1 radical (unpaired) electrons. The van der Waals surface area contributed by atoms with Gasteiger partial charge < -0.3 is 10.1 Å². The lowest BCUT2D eigenvalue weighted by Gasteiger charge is -2.07. The molecule has 0 aliphatic heterocycles. The third-order valence-electron chi connectivity index (χ3n) is 1.70. The fraction of sp³-hybridized carbons (Fsp3) is 0.714. The van der Waals surface area contributed by atoms with Crippen molar-refractivity contribution in [3.05, 3.63) is 6.73 Å². The van der Waals surface area contributed by atoms with E-state index in [9.17, 15) is 4.79 Å². The van der Waals surface area contributed by atoms with Crippen LogP contribution in [0.1, 0.15) is 25.7 Å². The van der Waals surface area contributed by atoms with Crippen LogP contribution in [-0.2, 0) is 9.53 Å². The van der Waals surface area contributed by atoms with Crippen molar-refractivity contribution in [2.24, 2.45) is 0 Å². The van der Waals surface area contributed by atoms with Gasteiger partial charge in [0.05, 0.1) is 6.10 Å². The summed E-state index contributed by atoms with van der Waals surface area (Å²) in [5.74, 6) is 0. The van der Waals surface area contributed by atoms with Crippen LogP contribution in [0.5, 0.6) is 0 Å². The van der Waals surface area contributed by atoms with Gasteiger partial charge in [-0.3, -0.25) is 4.79 Å². The van der Waals surface area contributed by atoms with Gasteiger partial charge in [-0.25, -0.2) is 0 Å². The normalized spacial score (nSPS) is 19.2. The van der Waals surface area contributed by atoms with Crippen LogP contribution in [0.25, 0.3) is 0 Å². The molecule has 0 atom stereocenters. The summed E-state index contributed by atoms with van der Waals surface area (Å²) in [6, 6.07) is 0. The van der Waals surface area contributed by atoms with Gasteiger partial charge >= 0.3 is 0 Å². The van der Waals surface area contributed by atoms with E-state index in [0.717, 1.165) is 12.8 Å². The van der Waals surface area contributed by atoms with Crippen LogP contribution in [0.4, 0.5) is 0 Å². The number of ether oxygens (including phenoxy) is 1. The quantitative estimate of drug-likeness (QED) is 0.466. The molecule has 57 valence electrons. The number of carbonyl (C=O) groups is 1. The number of carbonyl (C=O) groups excluding carboxylic acids is 1. The van der Waals surface area contributed by atoms with Crippen LogP contribution >= 0.6 is 0 Å². The summed E-state index contributed by atoms with van der Waals surface area (Å²) in [4.78, 5) is 9.76. The second kappa shape index (κ2) is 4.28. The van der Waals surface area contributed by atoms with E-state index < -0.39 is 0 Å². The molecule has 3 heteroatoms. The maximum absolute atomic E-state index is 9.76. The number of rotatable bonds is 4. The molecule has 1 fully saturated rings. The van der Waals surface area contributed by atoms with Crippen LogP contribution in [0.15, 0.2) is 0 Å². The van der Waals surface area contributed by atoms with Crippen LogP contribution in [-0.4, -0.2) is 12.5 Å². The molecule has 1 rings (SSSR count). The van der Waals surface area contributed by atoms with Gasteiger partial charge in [0.15, 0.2) is 6.73 Å². The van der Waals surface area contributed by atoms with E-state index in [2.05, 4.69) is 5.32 Å². The Morgan fingerprint density at radius 3 is 2.70 bits per heavy atom. The summed E-state index contributed by atoms with van der Waals surface area (Å²) in [6.07, 6.45) is 5.69. The van der Waals surface area contributed by atoms with Gasteiger partial charge in [0.25, 0.3) is 0 Å². The first-order valence-corrected chi connectivity index (χ1v) is 3.60. The minimum absolute atomic E-state index is 0.340. The van der Waals surface area contributed by atoms with Gasteiger partial charge in [0, 0.05) is 0 Å².